The van der Waals surface area contributed by atoms with Crippen molar-refractivity contribution in [3.05, 3.63) is 54.1 Å². The highest BCUT2D eigenvalue weighted by Gasteiger charge is 2.38. The molecule has 0 heterocycles. The predicted molar refractivity (Wildman–Crippen MR) is 86.7 cm³/mol. The Labute approximate surface area is 141 Å². The molecule has 0 radical (unpaired) electrons. The number of benzene rings is 2. The van der Waals surface area contributed by atoms with Crippen LogP contribution in [0.4, 0.5) is 24.5 Å². The predicted octanol–water partition coefficient (Wildman–Crippen LogP) is 3.84. The minimum atomic E-state index is -4.98. The molecular weight excluding hydrogens is 337 g/mol. The van der Waals surface area contributed by atoms with Crippen molar-refractivity contribution in [2.24, 2.45) is 0 Å². The highest BCUT2D eigenvalue weighted by molar-refractivity contribution is 6.04. The van der Waals surface area contributed by atoms with E-state index in [4.69, 9.17) is 4.74 Å². The number of carbonyl (C=O) groups excluding carboxylic acids is 2. The highest BCUT2D eigenvalue weighted by atomic mass is 19.4. The Hall–Kier alpha value is -3.03. The zero-order valence-electron chi connectivity index (χ0n) is 13.2. The van der Waals surface area contributed by atoms with E-state index in [9.17, 15) is 22.8 Å². The molecule has 0 aliphatic rings. The van der Waals surface area contributed by atoms with E-state index in [-0.39, 0.29) is 11.4 Å². The lowest BCUT2D eigenvalue weighted by Crippen LogP contribution is -2.29. The molecule has 0 bridgehead atoms. The van der Waals surface area contributed by atoms with Crippen molar-refractivity contribution in [2.75, 3.05) is 17.2 Å². The molecule has 0 fully saturated rings. The molecule has 2 aromatic carbocycles. The van der Waals surface area contributed by atoms with Crippen LogP contribution < -0.4 is 15.4 Å². The summed E-state index contributed by atoms with van der Waals surface area (Å²) in [6.07, 6.45) is -4.98. The van der Waals surface area contributed by atoms with Gasteiger partial charge in [-0.25, -0.2) is 0 Å². The van der Waals surface area contributed by atoms with E-state index < -0.39 is 18.0 Å². The first-order valence-corrected chi connectivity index (χ1v) is 7.32. The Bertz CT molecular complexity index is 758. The van der Waals surface area contributed by atoms with Crippen LogP contribution in [0.3, 0.4) is 0 Å². The molecule has 132 valence electrons. The van der Waals surface area contributed by atoms with Crippen LogP contribution in [-0.2, 0) is 4.79 Å². The Morgan fingerprint density at radius 3 is 2.16 bits per heavy atom. The second kappa shape index (κ2) is 7.69. The fourth-order valence-corrected chi connectivity index (χ4v) is 1.95. The third-order valence-electron chi connectivity index (χ3n) is 3.06. The number of anilines is 2. The molecule has 0 spiro atoms. The minimum absolute atomic E-state index is 0.0770. The number of nitrogens with one attached hydrogen (secondary N) is 2. The van der Waals surface area contributed by atoms with E-state index in [1.54, 1.807) is 29.6 Å². The lowest BCUT2D eigenvalue weighted by Gasteiger charge is -2.10. The van der Waals surface area contributed by atoms with Crippen LogP contribution in [0.1, 0.15) is 17.3 Å². The maximum Gasteiger partial charge on any atom is 0.471 e. The Morgan fingerprint density at radius 2 is 1.60 bits per heavy atom. The summed E-state index contributed by atoms with van der Waals surface area (Å²) < 4.78 is 42.1. The molecule has 2 rings (SSSR count). The van der Waals surface area contributed by atoms with Gasteiger partial charge in [0.05, 0.1) is 6.61 Å². The zero-order valence-corrected chi connectivity index (χ0v) is 13.2. The molecular formula is C17H15F3N2O3. The van der Waals surface area contributed by atoms with Gasteiger partial charge in [-0.3, -0.25) is 9.59 Å². The monoisotopic (exact) mass is 352 g/mol. The van der Waals surface area contributed by atoms with Crippen molar-refractivity contribution in [2.45, 2.75) is 13.1 Å². The summed E-state index contributed by atoms with van der Waals surface area (Å²) >= 11 is 0. The van der Waals surface area contributed by atoms with Gasteiger partial charge in [-0.2, -0.15) is 13.2 Å². The highest BCUT2D eigenvalue weighted by Crippen LogP contribution is 2.21. The third-order valence-corrected chi connectivity index (χ3v) is 3.06. The van der Waals surface area contributed by atoms with Gasteiger partial charge < -0.3 is 15.4 Å². The fourth-order valence-electron chi connectivity index (χ4n) is 1.95. The number of ether oxygens (including phenoxy) is 1. The standard InChI is InChI=1S/C17H15F3N2O3/c1-2-25-14-8-6-11(7-9-14)15(23)21-12-4-3-5-13(10-12)22-16(24)17(18,19)20/h3-10H,2H2,1H3,(H,21,23)(H,22,24). The molecule has 0 unspecified atom stereocenters. The summed E-state index contributed by atoms with van der Waals surface area (Å²) in [6, 6.07) is 11.8. The van der Waals surface area contributed by atoms with E-state index in [1.165, 1.54) is 24.3 Å². The average molecular weight is 352 g/mol. The van der Waals surface area contributed by atoms with Gasteiger partial charge in [-0.05, 0) is 49.4 Å². The summed E-state index contributed by atoms with van der Waals surface area (Å²) in [5.74, 6) is -1.90. The molecule has 0 aliphatic carbocycles. The first-order chi connectivity index (χ1) is 11.8. The van der Waals surface area contributed by atoms with E-state index in [2.05, 4.69) is 5.32 Å². The van der Waals surface area contributed by atoms with Crippen LogP contribution in [0.2, 0.25) is 0 Å². The van der Waals surface area contributed by atoms with E-state index in [0.717, 1.165) is 0 Å². The van der Waals surface area contributed by atoms with E-state index >= 15 is 0 Å². The van der Waals surface area contributed by atoms with Crippen molar-refractivity contribution >= 4 is 23.2 Å². The van der Waals surface area contributed by atoms with Crippen molar-refractivity contribution < 1.29 is 27.5 Å². The van der Waals surface area contributed by atoms with Gasteiger partial charge in [0.25, 0.3) is 5.91 Å². The number of halogens is 3. The van der Waals surface area contributed by atoms with E-state index in [0.29, 0.717) is 17.9 Å². The molecule has 0 saturated carbocycles. The van der Waals surface area contributed by atoms with Crippen molar-refractivity contribution in [3.8, 4) is 5.75 Å². The molecule has 0 atom stereocenters. The van der Waals surface area contributed by atoms with Gasteiger partial charge >= 0.3 is 12.1 Å². The van der Waals surface area contributed by atoms with Crippen molar-refractivity contribution in [3.63, 3.8) is 0 Å². The molecule has 0 aliphatic heterocycles. The summed E-state index contributed by atoms with van der Waals surface area (Å²) in [5, 5.41) is 4.27. The molecule has 2 amide bonds. The quantitative estimate of drug-likeness (QED) is 0.859. The van der Waals surface area contributed by atoms with Gasteiger partial charge in [0.15, 0.2) is 0 Å². The van der Waals surface area contributed by atoms with Crippen LogP contribution in [0.15, 0.2) is 48.5 Å². The first kappa shape index (κ1) is 18.3. The van der Waals surface area contributed by atoms with Gasteiger partial charge in [0.1, 0.15) is 5.75 Å². The molecule has 2 N–H and O–H groups in total. The van der Waals surface area contributed by atoms with Gasteiger partial charge in [0, 0.05) is 16.9 Å². The van der Waals surface area contributed by atoms with Crippen LogP contribution in [0, 0.1) is 0 Å². The Morgan fingerprint density at radius 1 is 1.00 bits per heavy atom. The summed E-state index contributed by atoms with van der Waals surface area (Å²) in [7, 11) is 0. The lowest BCUT2D eigenvalue weighted by molar-refractivity contribution is -0.167. The number of carbonyl (C=O) groups is 2. The number of alkyl halides is 3. The molecule has 0 saturated heterocycles. The smallest absolute Gasteiger partial charge is 0.471 e. The topological polar surface area (TPSA) is 67.4 Å². The second-order valence-corrected chi connectivity index (χ2v) is 4.94. The number of hydrogen-bond donors (Lipinski definition) is 2. The van der Waals surface area contributed by atoms with Crippen LogP contribution in [0.5, 0.6) is 5.75 Å². The Balaban J connectivity index is 2.06. The second-order valence-electron chi connectivity index (χ2n) is 4.94. The largest absolute Gasteiger partial charge is 0.494 e. The lowest BCUT2D eigenvalue weighted by atomic mass is 10.2. The van der Waals surface area contributed by atoms with Crippen molar-refractivity contribution in [1.82, 2.24) is 0 Å². The fraction of sp³-hybridized carbons (Fsp3) is 0.176. The molecule has 8 heteroatoms. The number of amides is 2. The van der Waals surface area contributed by atoms with Gasteiger partial charge in [-0.15, -0.1) is 0 Å². The maximum atomic E-state index is 12.3. The molecule has 2 aromatic rings. The first-order valence-electron chi connectivity index (χ1n) is 7.32. The minimum Gasteiger partial charge on any atom is -0.494 e. The summed E-state index contributed by atoms with van der Waals surface area (Å²) in [5.41, 5.74) is 0.527. The average Bonchev–Trinajstić information content (AvgIpc) is 2.55. The van der Waals surface area contributed by atoms with Crippen LogP contribution in [-0.4, -0.2) is 24.6 Å². The van der Waals surface area contributed by atoms with Crippen LogP contribution in [0.25, 0.3) is 0 Å². The molecule has 25 heavy (non-hydrogen) atoms. The van der Waals surface area contributed by atoms with E-state index in [1.807, 2.05) is 6.92 Å². The molecule has 0 aromatic heterocycles. The maximum absolute atomic E-state index is 12.3. The Kier molecular flexibility index (Phi) is 5.63. The number of hydrogen-bond acceptors (Lipinski definition) is 3. The van der Waals surface area contributed by atoms with Crippen molar-refractivity contribution in [1.29, 1.82) is 0 Å². The SMILES string of the molecule is CCOc1ccc(C(=O)Nc2cccc(NC(=O)C(F)(F)F)c2)cc1. The van der Waals surface area contributed by atoms with Crippen LogP contribution >= 0.6 is 0 Å². The summed E-state index contributed by atoms with van der Waals surface area (Å²) in [4.78, 5) is 23.1. The van der Waals surface area contributed by atoms with Gasteiger partial charge in [-0.1, -0.05) is 6.07 Å². The molecule has 5 nitrogen and oxygen atoms in total. The zero-order chi connectivity index (χ0) is 18.4. The third kappa shape index (κ3) is 5.23. The van der Waals surface area contributed by atoms with Gasteiger partial charge in [0.2, 0.25) is 0 Å². The number of rotatable bonds is 5. The normalized spacial score (nSPS) is 10.9. The summed E-state index contributed by atoms with van der Waals surface area (Å²) in [6.45, 7) is 2.34.